The van der Waals surface area contributed by atoms with Gasteiger partial charge in [-0.2, -0.15) is 0 Å². The summed E-state index contributed by atoms with van der Waals surface area (Å²) in [6.07, 6.45) is 3.92. The second kappa shape index (κ2) is 4.06. The van der Waals surface area contributed by atoms with Gasteiger partial charge >= 0.3 is 0 Å². The summed E-state index contributed by atoms with van der Waals surface area (Å²) in [6, 6.07) is 0.291. The molecule has 1 aliphatic heterocycles. The van der Waals surface area contributed by atoms with Crippen molar-refractivity contribution in [3.05, 3.63) is 11.9 Å². The molecule has 0 spiro atoms. The SMILES string of the molecule is C[C@@H](N)c1cnnn1C1CCCOC1. The Kier molecular flexibility index (Phi) is 2.79. The maximum atomic E-state index is 5.82. The lowest BCUT2D eigenvalue weighted by molar-refractivity contribution is 0.0529. The van der Waals surface area contributed by atoms with Crippen molar-refractivity contribution in [3.8, 4) is 0 Å². The van der Waals surface area contributed by atoms with Gasteiger partial charge in [0.05, 0.1) is 24.5 Å². The Balaban J connectivity index is 2.17. The zero-order chi connectivity index (χ0) is 9.97. The van der Waals surface area contributed by atoms with E-state index in [-0.39, 0.29) is 6.04 Å². The van der Waals surface area contributed by atoms with Gasteiger partial charge in [-0.25, -0.2) is 4.68 Å². The number of ether oxygens (including phenoxy) is 1. The van der Waals surface area contributed by atoms with E-state index in [4.69, 9.17) is 10.5 Å². The summed E-state index contributed by atoms with van der Waals surface area (Å²) in [4.78, 5) is 0. The zero-order valence-corrected chi connectivity index (χ0v) is 8.39. The van der Waals surface area contributed by atoms with Gasteiger partial charge in [-0.05, 0) is 19.8 Å². The third kappa shape index (κ3) is 1.78. The van der Waals surface area contributed by atoms with Gasteiger partial charge in [-0.15, -0.1) is 5.10 Å². The Labute approximate surface area is 83.2 Å². The Hall–Kier alpha value is -0.940. The van der Waals surface area contributed by atoms with Gasteiger partial charge in [0.1, 0.15) is 0 Å². The van der Waals surface area contributed by atoms with Crippen molar-refractivity contribution in [1.82, 2.24) is 15.0 Å². The van der Waals surface area contributed by atoms with Crippen molar-refractivity contribution in [2.75, 3.05) is 13.2 Å². The molecule has 1 fully saturated rings. The number of nitrogens with two attached hydrogens (primary N) is 1. The first-order valence-corrected chi connectivity index (χ1v) is 5.02. The predicted molar refractivity (Wildman–Crippen MR) is 51.7 cm³/mol. The van der Waals surface area contributed by atoms with Crippen LogP contribution < -0.4 is 5.73 Å². The molecule has 1 saturated heterocycles. The van der Waals surface area contributed by atoms with E-state index in [2.05, 4.69) is 10.3 Å². The largest absolute Gasteiger partial charge is 0.379 e. The molecule has 1 aromatic rings. The van der Waals surface area contributed by atoms with Gasteiger partial charge in [-0.3, -0.25) is 0 Å². The summed E-state index contributed by atoms with van der Waals surface area (Å²) >= 11 is 0. The monoisotopic (exact) mass is 196 g/mol. The van der Waals surface area contributed by atoms with E-state index in [0.717, 1.165) is 31.7 Å². The van der Waals surface area contributed by atoms with Crippen LogP contribution in [0.1, 0.15) is 37.5 Å². The number of hydrogen-bond acceptors (Lipinski definition) is 4. The van der Waals surface area contributed by atoms with E-state index in [1.807, 2.05) is 11.6 Å². The van der Waals surface area contributed by atoms with E-state index in [1.165, 1.54) is 0 Å². The van der Waals surface area contributed by atoms with Crippen LogP contribution in [0.4, 0.5) is 0 Å². The zero-order valence-electron chi connectivity index (χ0n) is 8.39. The van der Waals surface area contributed by atoms with Crippen LogP contribution >= 0.6 is 0 Å². The van der Waals surface area contributed by atoms with Gasteiger partial charge in [0.15, 0.2) is 0 Å². The maximum Gasteiger partial charge on any atom is 0.0775 e. The molecule has 5 nitrogen and oxygen atoms in total. The number of hydrogen-bond donors (Lipinski definition) is 1. The average Bonchev–Trinajstić information content (AvgIpc) is 2.67. The van der Waals surface area contributed by atoms with Crippen LogP contribution in [-0.2, 0) is 4.74 Å². The summed E-state index contributed by atoms with van der Waals surface area (Å²) < 4.78 is 7.32. The van der Waals surface area contributed by atoms with E-state index < -0.39 is 0 Å². The van der Waals surface area contributed by atoms with Crippen LogP contribution in [0.5, 0.6) is 0 Å². The molecule has 1 unspecified atom stereocenters. The standard InChI is InChI=1S/C9H16N4O/c1-7(10)9-5-11-12-13(9)8-3-2-4-14-6-8/h5,7-8H,2-4,6,10H2,1H3/t7-,8?/m1/s1. The molecule has 0 saturated carbocycles. The molecular formula is C9H16N4O. The van der Waals surface area contributed by atoms with Crippen LogP contribution in [0.25, 0.3) is 0 Å². The summed E-state index contributed by atoms with van der Waals surface area (Å²) in [5, 5.41) is 7.96. The first-order valence-electron chi connectivity index (χ1n) is 5.02. The van der Waals surface area contributed by atoms with Crippen molar-refractivity contribution in [2.24, 2.45) is 5.73 Å². The molecular weight excluding hydrogens is 180 g/mol. The van der Waals surface area contributed by atoms with E-state index in [1.54, 1.807) is 6.20 Å². The fraction of sp³-hybridized carbons (Fsp3) is 0.778. The van der Waals surface area contributed by atoms with Gasteiger partial charge in [0, 0.05) is 12.6 Å². The van der Waals surface area contributed by atoms with Crippen molar-refractivity contribution < 1.29 is 4.74 Å². The summed E-state index contributed by atoms with van der Waals surface area (Å²) in [7, 11) is 0. The lowest BCUT2D eigenvalue weighted by atomic mass is 10.1. The second-order valence-electron chi connectivity index (χ2n) is 3.76. The summed E-state index contributed by atoms with van der Waals surface area (Å²) in [5.41, 5.74) is 6.81. The Morgan fingerprint density at radius 1 is 1.71 bits per heavy atom. The molecule has 2 atom stereocenters. The van der Waals surface area contributed by atoms with Crippen molar-refractivity contribution in [2.45, 2.75) is 31.8 Å². The number of nitrogens with zero attached hydrogens (tertiary/aromatic N) is 3. The Morgan fingerprint density at radius 2 is 2.57 bits per heavy atom. The van der Waals surface area contributed by atoms with E-state index >= 15 is 0 Å². The Morgan fingerprint density at radius 3 is 3.21 bits per heavy atom. The van der Waals surface area contributed by atoms with Gasteiger partial charge in [-0.1, -0.05) is 5.21 Å². The highest BCUT2D eigenvalue weighted by Crippen LogP contribution is 2.21. The lowest BCUT2D eigenvalue weighted by Gasteiger charge is -2.24. The van der Waals surface area contributed by atoms with Crippen LogP contribution in [-0.4, -0.2) is 28.2 Å². The molecule has 78 valence electrons. The highest BCUT2D eigenvalue weighted by molar-refractivity contribution is 5.01. The maximum absolute atomic E-state index is 5.82. The first-order chi connectivity index (χ1) is 6.79. The predicted octanol–water partition coefficient (Wildman–Crippen LogP) is 0.649. The van der Waals surface area contributed by atoms with Crippen LogP contribution in [0.3, 0.4) is 0 Å². The molecule has 1 aromatic heterocycles. The van der Waals surface area contributed by atoms with Crippen molar-refractivity contribution >= 4 is 0 Å². The van der Waals surface area contributed by atoms with E-state index in [9.17, 15) is 0 Å². The minimum atomic E-state index is -0.0214. The quantitative estimate of drug-likeness (QED) is 0.754. The summed E-state index contributed by atoms with van der Waals surface area (Å²) in [6.45, 7) is 3.53. The molecule has 2 N–H and O–H groups in total. The minimum absolute atomic E-state index is 0.0214. The van der Waals surface area contributed by atoms with Gasteiger partial charge in [0.25, 0.3) is 0 Å². The average molecular weight is 196 g/mol. The van der Waals surface area contributed by atoms with Gasteiger partial charge in [0.2, 0.25) is 0 Å². The molecule has 1 aliphatic rings. The fourth-order valence-corrected chi connectivity index (χ4v) is 1.78. The Bertz CT molecular complexity index is 291. The molecule has 5 heteroatoms. The normalized spacial score (nSPS) is 24.9. The first kappa shape index (κ1) is 9.61. The third-order valence-electron chi connectivity index (χ3n) is 2.55. The number of aromatic nitrogens is 3. The van der Waals surface area contributed by atoms with Crippen LogP contribution in [0.2, 0.25) is 0 Å². The highest BCUT2D eigenvalue weighted by Gasteiger charge is 2.20. The molecule has 2 rings (SSSR count). The van der Waals surface area contributed by atoms with E-state index in [0.29, 0.717) is 6.04 Å². The third-order valence-corrected chi connectivity index (χ3v) is 2.55. The molecule has 0 radical (unpaired) electrons. The summed E-state index contributed by atoms with van der Waals surface area (Å²) in [5.74, 6) is 0. The molecule has 0 aromatic carbocycles. The molecule has 14 heavy (non-hydrogen) atoms. The van der Waals surface area contributed by atoms with Crippen molar-refractivity contribution in [1.29, 1.82) is 0 Å². The molecule has 2 heterocycles. The fourth-order valence-electron chi connectivity index (χ4n) is 1.78. The molecule has 0 bridgehead atoms. The topological polar surface area (TPSA) is 66.0 Å². The van der Waals surface area contributed by atoms with Crippen LogP contribution in [0.15, 0.2) is 6.20 Å². The van der Waals surface area contributed by atoms with Crippen LogP contribution in [0, 0.1) is 0 Å². The molecule has 0 aliphatic carbocycles. The van der Waals surface area contributed by atoms with Gasteiger partial charge < -0.3 is 10.5 Å². The van der Waals surface area contributed by atoms with Crippen molar-refractivity contribution in [3.63, 3.8) is 0 Å². The minimum Gasteiger partial charge on any atom is -0.379 e. The smallest absolute Gasteiger partial charge is 0.0775 e. The molecule has 0 amide bonds. The highest BCUT2D eigenvalue weighted by atomic mass is 16.5. The lowest BCUT2D eigenvalue weighted by Crippen LogP contribution is -2.25. The number of rotatable bonds is 2. The second-order valence-corrected chi connectivity index (χ2v) is 3.76.